The van der Waals surface area contributed by atoms with Gasteiger partial charge in [0.1, 0.15) is 6.33 Å². The second-order valence-electron chi connectivity index (χ2n) is 3.60. The predicted octanol–water partition coefficient (Wildman–Crippen LogP) is 1.45. The number of benzene rings is 1. The van der Waals surface area contributed by atoms with Gasteiger partial charge in [-0.1, -0.05) is 0 Å². The Bertz CT molecular complexity index is 735. The molecule has 0 unspecified atom stereocenters. The highest BCUT2D eigenvalue weighted by Crippen LogP contribution is 2.36. The average molecular weight is 295 g/mol. The van der Waals surface area contributed by atoms with Gasteiger partial charge in [-0.2, -0.15) is 14.9 Å². The first-order chi connectivity index (χ1) is 9.52. The van der Waals surface area contributed by atoms with E-state index in [-0.39, 0.29) is 10.5 Å². The average Bonchev–Trinajstić information content (AvgIpc) is 2.82. The van der Waals surface area contributed by atoms with Gasteiger partial charge in [0.05, 0.1) is 18.2 Å². The number of phenols is 1. The monoisotopic (exact) mass is 295 g/mol. The van der Waals surface area contributed by atoms with Crippen LogP contribution in [0.15, 0.2) is 23.6 Å². The zero-order valence-electron chi connectivity index (χ0n) is 10.2. The van der Waals surface area contributed by atoms with Crippen molar-refractivity contribution in [1.29, 1.82) is 0 Å². The largest absolute Gasteiger partial charge is 0.500 e. The second-order valence-corrected chi connectivity index (χ2v) is 3.99. The Hall–Kier alpha value is -2.75. The van der Waals surface area contributed by atoms with Gasteiger partial charge in [0.2, 0.25) is 10.5 Å². The van der Waals surface area contributed by atoms with Gasteiger partial charge in [-0.15, -0.1) is 0 Å². The van der Waals surface area contributed by atoms with Crippen LogP contribution >= 0.6 is 12.2 Å². The van der Waals surface area contributed by atoms with E-state index in [2.05, 4.69) is 15.3 Å². The number of nitrogens with one attached hydrogen (secondary N) is 1. The number of methoxy groups -OCH3 is 1. The molecule has 0 aliphatic rings. The summed E-state index contributed by atoms with van der Waals surface area (Å²) in [5, 5.41) is 30.6. The molecule has 104 valence electrons. The molecule has 1 heterocycles. The van der Waals surface area contributed by atoms with Crippen LogP contribution in [0.2, 0.25) is 0 Å². The summed E-state index contributed by atoms with van der Waals surface area (Å²) < 4.78 is 6.43. The molecule has 0 radical (unpaired) electrons. The number of nitro groups is 1. The number of ether oxygens (including phenoxy) is 1. The number of aromatic amines is 1. The summed E-state index contributed by atoms with van der Waals surface area (Å²) in [5.41, 5.74) is -0.101. The van der Waals surface area contributed by atoms with Gasteiger partial charge in [-0.3, -0.25) is 15.2 Å². The number of rotatable bonds is 4. The Morgan fingerprint density at radius 1 is 1.65 bits per heavy atom. The highest BCUT2D eigenvalue weighted by atomic mass is 32.1. The Labute approximate surface area is 117 Å². The molecule has 1 aromatic carbocycles. The lowest BCUT2D eigenvalue weighted by Gasteiger charge is -2.04. The van der Waals surface area contributed by atoms with Crippen LogP contribution < -0.4 is 4.74 Å². The zero-order chi connectivity index (χ0) is 14.7. The molecule has 0 bridgehead atoms. The van der Waals surface area contributed by atoms with E-state index in [1.165, 1.54) is 36.5 Å². The molecule has 2 N–H and O–H groups in total. The highest BCUT2D eigenvalue weighted by Gasteiger charge is 2.19. The Kier molecular flexibility index (Phi) is 3.75. The number of aromatic nitrogens is 3. The molecule has 0 saturated carbocycles. The molecule has 20 heavy (non-hydrogen) atoms. The van der Waals surface area contributed by atoms with Crippen LogP contribution in [0.4, 0.5) is 5.69 Å². The van der Waals surface area contributed by atoms with Gasteiger partial charge >= 0.3 is 5.69 Å². The lowest BCUT2D eigenvalue weighted by molar-refractivity contribution is -0.386. The quantitative estimate of drug-likeness (QED) is 0.381. The van der Waals surface area contributed by atoms with Crippen molar-refractivity contribution in [2.24, 2.45) is 5.10 Å². The lowest BCUT2D eigenvalue weighted by Crippen LogP contribution is -1.95. The highest BCUT2D eigenvalue weighted by molar-refractivity contribution is 7.71. The third-order valence-corrected chi connectivity index (χ3v) is 2.64. The Morgan fingerprint density at radius 3 is 2.95 bits per heavy atom. The summed E-state index contributed by atoms with van der Waals surface area (Å²) in [5.74, 6) is -0.550. The van der Waals surface area contributed by atoms with Crippen LogP contribution in [-0.2, 0) is 0 Å². The van der Waals surface area contributed by atoms with E-state index in [4.69, 9.17) is 17.0 Å². The normalized spacial score (nSPS) is 10.8. The molecule has 10 heteroatoms. The first-order valence-electron chi connectivity index (χ1n) is 5.24. The summed E-state index contributed by atoms with van der Waals surface area (Å²) in [6.07, 6.45) is 2.69. The number of nitro benzene ring substituents is 1. The number of nitrogens with zero attached hydrogens (tertiary/aromatic N) is 4. The van der Waals surface area contributed by atoms with E-state index in [1.807, 2.05) is 0 Å². The maximum Gasteiger partial charge on any atom is 0.315 e. The zero-order valence-corrected chi connectivity index (χ0v) is 11.0. The molecule has 2 rings (SSSR count). The van der Waals surface area contributed by atoms with Gasteiger partial charge in [0, 0.05) is 11.6 Å². The standard InChI is InChI=1S/C10H9N5O4S/c1-19-8-3-6(2-7(9(8)16)15(17)18)4-12-14-5-11-13-10(14)20/h2-5,16H,1H3,(H,13,20). The van der Waals surface area contributed by atoms with Crippen LogP contribution in [0.1, 0.15) is 5.56 Å². The van der Waals surface area contributed by atoms with Crippen molar-refractivity contribution in [3.8, 4) is 11.5 Å². The first-order valence-corrected chi connectivity index (χ1v) is 5.65. The number of hydrogen-bond acceptors (Lipinski definition) is 7. The fourth-order valence-electron chi connectivity index (χ4n) is 1.44. The predicted molar refractivity (Wildman–Crippen MR) is 71.7 cm³/mol. The van der Waals surface area contributed by atoms with Crippen molar-refractivity contribution in [1.82, 2.24) is 14.9 Å². The van der Waals surface area contributed by atoms with Crippen LogP contribution in [0, 0.1) is 14.9 Å². The SMILES string of the molecule is COc1cc(C=Nn2cn[nH]c2=S)cc([N+](=O)[O-])c1O. The van der Waals surface area contributed by atoms with E-state index in [1.54, 1.807) is 0 Å². The van der Waals surface area contributed by atoms with Gasteiger partial charge in [-0.25, -0.2) is 0 Å². The smallest absolute Gasteiger partial charge is 0.315 e. The molecule has 0 saturated heterocycles. The van der Waals surface area contributed by atoms with E-state index < -0.39 is 16.4 Å². The first kappa shape index (κ1) is 13.7. The van der Waals surface area contributed by atoms with E-state index in [0.717, 1.165) is 0 Å². The van der Waals surface area contributed by atoms with Crippen LogP contribution in [0.5, 0.6) is 11.5 Å². The molecule has 0 atom stereocenters. The maximum atomic E-state index is 10.8. The van der Waals surface area contributed by atoms with Gasteiger partial charge < -0.3 is 9.84 Å². The third-order valence-electron chi connectivity index (χ3n) is 2.36. The summed E-state index contributed by atoms with van der Waals surface area (Å²) >= 11 is 4.90. The topological polar surface area (TPSA) is 119 Å². The Morgan fingerprint density at radius 2 is 2.40 bits per heavy atom. The minimum Gasteiger partial charge on any atom is -0.500 e. The molecule has 0 amide bonds. The van der Waals surface area contributed by atoms with Gasteiger partial charge in [0.15, 0.2) is 5.75 Å². The molecule has 0 spiro atoms. The maximum absolute atomic E-state index is 10.8. The lowest BCUT2D eigenvalue weighted by atomic mass is 10.2. The number of H-pyrrole nitrogens is 1. The van der Waals surface area contributed by atoms with Crippen LogP contribution in [0.25, 0.3) is 0 Å². The summed E-state index contributed by atoms with van der Waals surface area (Å²) in [4.78, 5) is 10.1. The van der Waals surface area contributed by atoms with Gasteiger partial charge in [-0.05, 0) is 18.3 Å². The molecule has 2 aromatic rings. The van der Waals surface area contributed by atoms with Crippen LogP contribution in [-0.4, -0.2) is 38.2 Å². The minimum atomic E-state index is -0.710. The van der Waals surface area contributed by atoms with E-state index in [0.29, 0.717) is 5.56 Å². The fourth-order valence-corrected chi connectivity index (χ4v) is 1.58. The molecule has 0 fully saturated rings. The molecule has 0 aliphatic carbocycles. The van der Waals surface area contributed by atoms with Crippen molar-refractivity contribution in [3.63, 3.8) is 0 Å². The summed E-state index contributed by atoms with van der Waals surface area (Å²) in [6, 6.07) is 2.58. The van der Waals surface area contributed by atoms with Crippen molar-refractivity contribution in [3.05, 3.63) is 38.9 Å². The van der Waals surface area contributed by atoms with E-state index in [9.17, 15) is 15.2 Å². The molecule has 9 nitrogen and oxygen atoms in total. The molecular weight excluding hydrogens is 286 g/mol. The Balaban J connectivity index is 2.45. The van der Waals surface area contributed by atoms with E-state index >= 15 is 0 Å². The molecule has 0 aliphatic heterocycles. The third kappa shape index (κ3) is 2.64. The van der Waals surface area contributed by atoms with Crippen molar-refractivity contribution in [2.45, 2.75) is 0 Å². The fraction of sp³-hybridized carbons (Fsp3) is 0.100. The molecule has 1 aromatic heterocycles. The molecular formula is C10H9N5O4S. The summed E-state index contributed by atoms with van der Waals surface area (Å²) in [7, 11) is 1.30. The van der Waals surface area contributed by atoms with Crippen LogP contribution in [0.3, 0.4) is 0 Å². The summed E-state index contributed by atoms with van der Waals surface area (Å²) in [6.45, 7) is 0. The van der Waals surface area contributed by atoms with Crippen molar-refractivity contribution < 1.29 is 14.8 Å². The number of hydrogen-bond donors (Lipinski definition) is 2. The second kappa shape index (κ2) is 5.48. The number of aromatic hydroxyl groups is 1. The van der Waals surface area contributed by atoms with Crippen molar-refractivity contribution >= 4 is 24.1 Å². The van der Waals surface area contributed by atoms with Crippen molar-refractivity contribution in [2.75, 3.05) is 7.11 Å². The number of phenolic OH excluding ortho intramolecular Hbond substituents is 1. The van der Waals surface area contributed by atoms with Gasteiger partial charge in [0.25, 0.3) is 0 Å². The minimum absolute atomic E-state index is 0.0172.